The lowest BCUT2D eigenvalue weighted by Gasteiger charge is -2.37. The highest BCUT2D eigenvalue weighted by Gasteiger charge is 2.67. The molecule has 2 N–H and O–H groups in total. The SMILES string of the molecule is CC(=O)c1nn(CC(=O)N2[C@H](C(=O)N[C@H]3CCCC(C)(C)C3)C[C@@]3(CO)C[C@@H]23)c2ncccc12. The van der Waals surface area contributed by atoms with Crippen LogP contribution in [-0.2, 0) is 16.1 Å². The van der Waals surface area contributed by atoms with Gasteiger partial charge in [-0.15, -0.1) is 0 Å². The maximum atomic E-state index is 13.5. The predicted molar refractivity (Wildman–Crippen MR) is 125 cm³/mol. The summed E-state index contributed by atoms with van der Waals surface area (Å²) in [5, 5.41) is 18.2. The Morgan fingerprint density at radius 3 is 2.74 bits per heavy atom. The second-order valence-corrected chi connectivity index (χ2v) is 11.2. The Morgan fingerprint density at radius 2 is 2.03 bits per heavy atom. The number of rotatable bonds is 6. The fourth-order valence-electron chi connectivity index (χ4n) is 6.15. The third kappa shape index (κ3) is 3.89. The molecule has 3 fully saturated rings. The Balaban J connectivity index is 1.37. The van der Waals surface area contributed by atoms with Crippen molar-refractivity contribution >= 4 is 28.6 Å². The molecule has 0 aromatic carbocycles. The van der Waals surface area contributed by atoms with E-state index in [-0.39, 0.29) is 53.9 Å². The summed E-state index contributed by atoms with van der Waals surface area (Å²) >= 11 is 0. The number of carbonyl (C=O) groups excluding carboxylic acids is 3. The summed E-state index contributed by atoms with van der Waals surface area (Å²) in [7, 11) is 0. The number of hydrogen-bond donors (Lipinski definition) is 2. The molecule has 0 radical (unpaired) electrons. The lowest BCUT2D eigenvalue weighted by atomic mass is 9.75. The number of aliphatic hydroxyl groups is 1. The first-order valence-corrected chi connectivity index (χ1v) is 12.2. The molecule has 5 rings (SSSR count). The van der Waals surface area contributed by atoms with E-state index in [1.165, 1.54) is 11.6 Å². The number of piperidine rings is 1. The smallest absolute Gasteiger partial charge is 0.245 e. The number of fused-ring (bicyclic) bond motifs is 2. The molecule has 2 aromatic heterocycles. The molecule has 0 unspecified atom stereocenters. The van der Waals surface area contributed by atoms with Gasteiger partial charge in [-0.3, -0.25) is 14.4 Å². The van der Waals surface area contributed by atoms with Crippen LogP contribution in [0.3, 0.4) is 0 Å². The Hall–Kier alpha value is -2.81. The molecule has 1 saturated heterocycles. The standard InChI is InChI=1S/C25H33N5O4/c1-15(32)21-17-7-5-9-26-22(17)29(28-21)13-20(33)30-18(11-25(14-31)12-19(25)30)23(34)27-16-6-4-8-24(2,3)10-16/h5,7,9,16,18-19,31H,4,6,8,10-14H2,1-3H3,(H,27,34)/t16-,18-,19+,25-/m0/s1. The van der Waals surface area contributed by atoms with Crippen LogP contribution in [0.15, 0.2) is 18.3 Å². The van der Waals surface area contributed by atoms with Crippen LogP contribution in [0, 0.1) is 10.8 Å². The van der Waals surface area contributed by atoms with Gasteiger partial charge in [-0.25, -0.2) is 9.67 Å². The van der Waals surface area contributed by atoms with Crippen molar-refractivity contribution in [2.75, 3.05) is 6.61 Å². The molecule has 4 atom stereocenters. The third-order valence-electron chi connectivity index (χ3n) is 8.00. The molecule has 3 heterocycles. The minimum absolute atomic E-state index is 0.0393. The van der Waals surface area contributed by atoms with Crippen LogP contribution in [0.5, 0.6) is 0 Å². The highest BCUT2D eigenvalue weighted by Crippen LogP contribution is 2.59. The van der Waals surface area contributed by atoms with E-state index in [9.17, 15) is 19.5 Å². The molecular weight excluding hydrogens is 434 g/mol. The van der Waals surface area contributed by atoms with E-state index in [1.807, 2.05) is 0 Å². The number of Topliss-reactive ketones (excluding diaryl/α,β-unsaturated/α-hetero) is 1. The molecule has 9 nitrogen and oxygen atoms in total. The topological polar surface area (TPSA) is 117 Å². The Kier molecular flexibility index (Phi) is 5.50. The summed E-state index contributed by atoms with van der Waals surface area (Å²) in [6.45, 7) is 5.74. The van der Waals surface area contributed by atoms with Crippen LogP contribution < -0.4 is 5.32 Å². The van der Waals surface area contributed by atoms with E-state index < -0.39 is 11.5 Å². The Bertz CT molecular complexity index is 1160. The lowest BCUT2D eigenvalue weighted by molar-refractivity contribution is -0.140. The van der Waals surface area contributed by atoms with Crippen molar-refractivity contribution in [3.8, 4) is 0 Å². The van der Waals surface area contributed by atoms with Gasteiger partial charge in [0.05, 0.1) is 12.0 Å². The molecule has 2 aromatic rings. The number of amides is 2. The van der Waals surface area contributed by atoms with Crippen LogP contribution in [0.1, 0.15) is 69.8 Å². The van der Waals surface area contributed by atoms with Crippen molar-refractivity contribution in [2.45, 2.75) is 84.0 Å². The fourth-order valence-corrected chi connectivity index (χ4v) is 6.15. The van der Waals surface area contributed by atoms with Crippen LogP contribution >= 0.6 is 0 Å². The number of nitrogens with zero attached hydrogens (tertiary/aromatic N) is 4. The zero-order chi connectivity index (χ0) is 24.3. The first-order valence-electron chi connectivity index (χ1n) is 12.2. The molecule has 2 aliphatic carbocycles. The van der Waals surface area contributed by atoms with Gasteiger partial charge < -0.3 is 15.3 Å². The van der Waals surface area contributed by atoms with Gasteiger partial charge >= 0.3 is 0 Å². The Morgan fingerprint density at radius 1 is 1.24 bits per heavy atom. The van der Waals surface area contributed by atoms with E-state index in [0.29, 0.717) is 23.9 Å². The monoisotopic (exact) mass is 467 g/mol. The summed E-state index contributed by atoms with van der Waals surface area (Å²) in [6.07, 6.45) is 6.87. The number of aromatic nitrogens is 3. The minimum atomic E-state index is -0.606. The van der Waals surface area contributed by atoms with Crippen LogP contribution in [0.25, 0.3) is 11.0 Å². The normalized spacial score (nSPS) is 29.6. The molecule has 0 spiro atoms. The van der Waals surface area contributed by atoms with Crippen molar-refractivity contribution < 1.29 is 19.5 Å². The summed E-state index contributed by atoms with van der Waals surface area (Å²) in [5.41, 5.74) is 0.550. The van der Waals surface area contributed by atoms with Gasteiger partial charge in [0.25, 0.3) is 0 Å². The number of carbonyl (C=O) groups is 3. The van der Waals surface area contributed by atoms with Crippen molar-refractivity contribution in [1.82, 2.24) is 25.0 Å². The number of hydrogen-bond acceptors (Lipinski definition) is 6. The lowest BCUT2D eigenvalue weighted by Crippen LogP contribution is -2.52. The molecule has 34 heavy (non-hydrogen) atoms. The number of nitrogens with one attached hydrogen (secondary N) is 1. The largest absolute Gasteiger partial charge is 0.396 e. The average Bonchev–Trinajstić information content (AvgIpc) is 3.21. The predicted octanol–water partition coefficient (Wildman–Crippen LogP) is 2.07. The fraction of sp³-hybridized carbons (Fsp3) is 0.640. The van der Waals surface area contributed by atoms with Gasteiger partial charge in [-0.1, -0.05) is 20.3 Å². The van der Waals surface area contributed by atoms with Gasteiger partial charge in [-0.2, -0.15) is 5.10 Å². The second kappa shape index (κ2) is 8.15. The Labute approximate surface area is 198 Å². The molecule has 2 amide bonds. The second-order valence-electron chi connectivity index (χ2n) is 11.2. The zero-order valence-electron chi connectivity index (χ0n) is 20.1. The number of aliphatic hydroxyl groups excluding tert-OH is 1. The van der Waals surface area contributed by atoms with Crippen molar-refractivity contribution in [3.63, 3.8) is 0 Å². The van der Waals surface area contributed by atoms with Crippen LogP contribution in [-0.4, -0.2) is 67.1 Å². The van der Waals surface area contributed by atoms with E-state index >= 15 is 0 Å². The first-order chi connectivity index (χ1) is 16.1. The average molecular weight is 468 g/mol. The van der Waals surface area contributed by atoms with Gasteiger partial charge in [0.15, 0.2) is 11.4 Å². The number of ketones is 1. The summed E-state index contributed by atoms with van der Waals surface area (Å²) in [5.74, 6) is -0.574. The minimum Gasteiger partial charge on any atom is -0.396 e. The molecule has 9 heteroatoms. The molecular formula is C25H33N5O4. The molecule has 2 saturated carbocycles. The van der Waals surface area contributed by atoms with Gasteiger partial charge in [0.2, 0.25) is 11.8 Å². The molecule has 3 aliphatic rings. The zero-order valence-corrected chi connectivity index (χ0v) is 20.1. The van der Waals surface area contributed by atoms with E-state index in [1.54, 1.807) is 23.2 Å². The van der Waals surface area contributed by atoms with Gasteiger partial charge in [0, 0.05) is 30.6 Å². The first kappa shape index (κ1) is 23.0. The van der Waals surface area contributed by atoms with E-state index in [2.05, 4.69) is 29.2 Å². The van der Waals surface area contributed by atoms with Crippen molar-refractivity contribution in [1.29, 1.82) is 0 Å². The van der Waals surface area contributed by atoms with Crippen molar-refractivity contribution in [2.24, 2.45) is 10.8 Å². The van der Waals surface area contributed by atoms with Crippen LogP contribution in [0.4, 0.5) is 0 Å². The quantitative estimate of drug-likeness (QED) is 0.628. The molecule has 182 valence electrons. The highest BCUT2D eigenvalue weighted by molar-refractivity contribution is 6.04. The van der Waals surface area contributed by atoms with E-state index in [0.717, 1.165) is 25.7 Å². The number of likely N-dealkylation sites (tertiary alicyclic amines) is 1. The summed E-state index contributed by atoms with van der Waals surface area (Å²) in [4.78, 5) is 44.9. The summed E-state index contributed by atoms with van der Waals surface area (Å²) in [6, 6.07) is 2.85. The third-order valence-corrected chi connectivity index (χ3v) is 8.00. The molecule has 1 aliphatic heterocycles. The van der Waals surface area contributed by atoms with Crippen molar-refractivity contribution in [3.05, 3.63) is 24.0 Å². The highest BCUT2D eigenvalue weighted by atomic mass is 16.3. The maximum absolute atomic E-state index is 13.5. The van der Waals surface area contributed by atoms with Gasteiger partial charge in [0.1, 0.15) is 18.3 Å². The maximum Gasteiger partial charge on any atom is 0.245 e. The van der Waals surface area contributed by atoms with Crippen LogP contribution in [0.2, 0.25) is 0 Å². The summed E-state index contributed by atoms with van der Waals surface area (Å²) < 4.78 is 1.45. The van der Waals surface area contributed by atoms with E-state index in [4.69, 9.17) is 0 Å². The van der Waals surface area contributed by atoms with Gasteiger partial charge in [-0.05, 0) is 49.7 Å². The molecule has 0 bridgehead atoms. The number of pyridine rings is 1.